The minimum Gasteiger partial charge on any atom is -0.495 e. The molecular formula is C17H13NO5. The standard InChI is InChI=1S/C17H13NO5/c1-21-16-9-11(14-7-5-12(10-19)23-14)4-6-13(16)18-17(20)15-3-2-8-22-15/h2-10H,1H3,(H,18,20). The maximum atomic E-state index is 12.0. The quantitative estimate of drug-likeness (QED) is 0.728. The topological polar surface area (TPSA) is 81.7 Å². The molecule has 0 unspecified atom stereocenters. The number of hydrogen-bond donors (Lipinski definition) is 1. The second-order valence-corrected chi connectivity index (χ2v) is 4.67. The number of methoxy groups -OCH3 is 1. The van der Waals surface area contributed by atoms with Gasteiger partial charge in [-0.1, -0.05) is 0 Å². The molecule has 0 bridgehead atoms. The van der Waals surface area contributed by atoms with E-state index in [1.165, 1.54) is 13.4 Å². The lowest BCUT2D eigenvalue weighted by Gasteiger charge is -2.10. The van der Waals surface area contributed by atoms with Crippen LogP contribution in [0.25, 0.3) is 11.3 Å². The number of rotatable bonds is 5. The summed E-state index contributed by atoms with van der Waals surface area (Å²) in [6, 6.07) is 11.6. The molecule has 6 heteroatoms. The predicted molar refractivity (Wildman–Crippen MR) is 82.7 cm³/mol. The van der Waals surface area contributed by atoms with Crippen molar-refractivity contribution < 1.29 is 23.2 Å². The van der Waals surface area contributed by atoms with Crippen LogP contribution >= 0.6 is 0 Å². The van der Waals surface area contributed by atoms with E-state index in [4.69, 9.17) is 13.6 Å². The van der Waals surface area contributed by atoms with Gasteiger partial charge in [0.25, 0.3) is 5.91 Å². The summed E-state index contributed by atoms with van der Waals surface area (Å²) in [5.41, 5.74) is 1.23. The van der Waals surface area contributed by atoms with Gasteiger partial charge in [0.05, 0.1) is 19.1 Å². The molecule has 0 atom stereocenters. The van der Waals surface area contributed by atoms with Gasteiger partial charge in [0.15, 0.2) is 17.8 Å². The number of furan rings is 2. The third kappa shape index (κ3) is 3.01. The Morgan fingerprint density at radius 2 is 2.09 bits per heavy atom. The van der Waals surface area contributed by atoms with Crippen LogP contribution in [0.5, 0.6) is 5.75 Å². The average molecular weight is 311 g/mol. The maximum Gasteiger partial charge on any atom is 0.291 e. The fourth-order valence-electron chi connectivity index (χ4n) is 2.11. The van der Waals surface area contributed by atoms with Crippen molar-refractivity contribution >= 4 is 17.9 Å². The molecule has 1 amide bonds. The Morgan fingerprint density at radius 1 is 1.22 bits per heavy atom. The number of hydrogen-bond acceptors (Lipinski definition) is 5. The number of aldehydes is 1. The SMILES string of the molecule is COc1cc(-c2ccc(C=O)o2)ccc1NC(=O)c1ccco1. The molecule has 1 aromatic carbocycles. The van der Waals surface area contributed by atoms with Crippen molar-refractivity contribution in [1.82, 2.24) is 0 Å². The molecule has 3 rings (SSSR count). The first-order valence-corrected chi connectivity index (χ1v) is 6.79. The molecule has 0 aliphatic heterocycles. The summed E-state index contributed by atoms with van der Waals surface area (Å²) in [6.45, 7) is 0. The first-order valence-electron chi connectivity index (χ1n) is 6.79. The van der Waals surface area contributed by atoms with Crippen LogP contribution in [-0.4, -0.2) is 19.3 Å². The summed E-state index contributed by atoms with van der Waals surface area (Å²) in [7, 11) is 1.50. The maximum absolute atomic E-state index is 12.0. The summed E-state index contributed by atoms with van der Waals surface area (Å²) in [6.07, 6.45) is 2.06. The fourth-order valence-corrected chi connectivity index (χ4v) is 2.11. The molecule has 0 saturated carbocycles. The van der Waals surface area contributed by atoms with Crippen molar-refractivity contribution in [2.75, 3.05) is 12.4 Å². The van der Waals surface area contributed by atoms with Crippen molar-refractivity contribution in [2.45, 2.75) is 0 Å². The summed E-state index contributed by atoms with van der Waals surface area (Å²) in [5, 5.41) is 2.71. The lowest BCUT2D eigenvalue weighted by molar-refractivity contribution is 0.0996. The van der Waals surface area contributed by atoms with Gasteiger partial charge in [0.1, 0.15) is 11.5 Å². The van der Waals surface area contributed by atoms with E-state index in [1.807, 2.05) is 0 Å². The van der Waals surface area contributed by atoms with Gasteiger partial charge in [0.2, 0.25) is 0 Å². The summed E-state index contributed by atoms with van der Waals surface area (Å²) in [4.78, 5) is 22.7. The van der Waals surface area contributed by atoms with Crippen LogP contribution in [-0.2, 0) is 0 Å². The zero-order valence-corrected chi connectivity index (χ0v) is 12.2. The van der Waals surface area contributed by atoms with E-state index in [1.54, 1.807) is 42.5 Å². The number of carbonyl (C=O) groups is 2. The van der Waals surface area contributed by atoms with Gasteiger partial charge in [-0.05, 0) is 42.5 Å². The zero-order chi connectivity index (χ0) is 16.2. The van der Waals surface area contributed by atoms with E-state index in [-0.39, 0.29) is 17.4 Å². The minimum absolute atomic E-state index is 0.206. The second kappa shape index (κ2) is 6.23. The van der Waals surface area contributed by atoms with Gasteiger partial charge >= 0.3 is 0 Å². The Kier molecular flexibility index (Phi) is 3.97. The summed E-state index contributed by atoms with van der Waals surface area (Å²) in [5.74, 6) is 1.08. The molecule has 6 nitrogen and oxygen atoms in total. The third-order valence-corrected chi connectivity index (χ3v) is 3.22. The largest absolute Gasteiger partial charge is 0.495 e. The lowest BCUT2D eigenvalue weighted by Crippen LogP contribution is -2.11. The van der Waals surface area contributed by atoms with Crippen LogP contribution in [0.4, 0.5) is 5.69 Å². The van der Waals surface area contributed by atoms with Gasteiger partial charge in [-0.25, -0.2) is 0 Å². The highest BCUT2D eigenvalue weighted by Gasteiger charge is 2.14. The van der Waals surface area contributed by atoms with E-state index >= 15 is 0 Å². The van der Waals surface area contributed by atoms with E-state index in [0.717, 1.165) is 5.56 Å². The second-order valence-electron chi connectivity index (χ2n) is 4.67. The number of carbonyl (C=O) groups excluding carboxylic acids is 2. The third-order valence-electron chi connectivity index (χ3n) is 3.22. The summed E-state index contributed by atoms with van der Waals surface area (Å²) >= 11 is 0. The van der Waals surface area contributed by atoms with E-state index < -0.39 is 0 Å². The molecule has 116 valence electrons. The molecule has 0 aliphatic carbocycles. The van der Waals surface area contributed by atoms with E-state index in [2.05, 4.69) is 5.32 Å². The molecule has 23 heavy (non-hydrogen) atoms. The molecule has 0 saturated heterocycles. The fraction of sp³-hybridized carbons (Fsp3) is 0.0588. The predicted octanol–water partition coefficient (Wildman–Crippen LogP) is 3.61. The van der Waals surface area contributed by atoms with Gasteiger partial charge in [0, 0.05) is 5.56 Å². The van der Waals surface area contributed by atoms with Crippen LogP contribution < -0.4 is 10.1 Å². The molecule has 1 N–H and O–H groups in total. The van der Waals surface area contributed by atoms with Gasteiger partial charge in [-0.15, -0.1) is 0 Å². The molecule has 2 aromatic heterocycles. The van der Waals surface area contributed by atoms with Gasteiger partial charge in [-0.2, -0.15) is 0 Å². The van der Waals surface area contributed by atoms with Crippen LogP contribution in [0, 0.1) is 0 Å². The van der Waals surface area contributed by atoms with Gasteiger partial charge < -0.3 is 18.9 Å². The molecule has 0 radical (unpaired) electrons. The molecule has 2 heterocycles. The van der Waals surface area contributed by atoms with Crippen LogP contribution in [0.2, 0.25) is 0 Å². The van der Waals surface area contributed by atoms with Crippen LogP contribution in [0.15, 0.2) is 57.6 Å². The molecule has 0 spiro atoms. The van der Waals surface area contributed by atoms with Crippen molar-refractivity contribution in [3.8, 4) is 17.1 Å². The Balaban J connectivity index is 1.87. The number of nitrogens with one attached hydrogen (secondary N) is 1. The first-order chi connectivity index (χ1) is 11.2. The first kappa shape index (κ1) is 14.6. The number of amides is 1. The van der Waals surface area contributed by atoms with Crippen molar-refractivity contribution in [3.63, 3.8) is 0 Å². The Labute approximate surface area is 131 Å². The Morgan fingerprint density at radius 3 is 2.74 bits per heavy atom. The monoisotopic (exact) mass is 311 g/mol. The van der Waals surface area contributed by atoms with Crippen molar-refractivity contribution in [1.29, 1.82) is 0 Å². The lowest BCUT2D eigenvalue weighted by atomic mass is 10.1. The molecule has 3 aromatic rings. The van der Waals surface area contributed by atoms with E-state index in [0.29, 0.717) is 23.5 Å². The van der Waals surface area contributed by atoms with Crippen molar-refractivity contribution in [3.05, 3.63) is 60.2 Å². The normalized spacial score (nSPS) is 10.3. The van der Waals surface area contributed by atoms with Crippen molar-refractivity contribution in [2.24, 2.45) is 0 Å². The average Bonchev–Trinajstić information content (AvgIpc) is 3.26. The van der Waals surface area contributed by atoms with Crippen LogP contribution in [0.1, 0.15) is 21.1 Å². The number of ether oxygens (including phenoxy) is 1. The van der Waals surface area contributed by atoms with E-state index in [9.17, 15) is 9.59 Å². The van der Waals surface area contributed by atoms with Crippen LogP contribution in [0.3, 0.4) is 0 Å². The molecular weight excluding hydrogens is 298 g/mol. The minimum atomic E-state index is -0.373. The highest BCUT2D eigenvalue weighted by atomic mass is 16.5. The van der Waals surface area contributed by atoms with Gasteiger partial charge in [-0.3, -0.25) is 9.59 Å². The molecule has 0 aliphatic rings. The number of benzene rings is 1. The Hall–Kier alpha value is -3.28. The summed E-state index contributed by atoms with van der Waals surface area (Å²) < 4.78 is 15.7. The highest BCUT2D eigenvalue weighted by Crippen LogP contribution is 2.31. The Bertz CT molecular complexity index is 833. The highest BCUT2D eigenvalue weighted by molar-refractivity contribution is 6.03. The zero-order valence-electron chi connectivity index (χ0n) is 12.2. The number of anilines is 1. The molecule has 0 fully saturated rings. The smallest absolute Gasteiger partial charge is 0.291 e.